The SMILES string of the molecule is C[C@@H](CC1COC(/C=C/c2ccc(C(F)(F)F)cc2)OC1)[C@](O)(Cn1cncn1)c1ccc(F)cc1F.O=C(O)C(=O)O. The summed E-state index contributed by atoms with van der Waals surface area (Å²) in [5.41, 5.74) is -1.93. The number of halogens is 5. The third kappa shape index (κ3) is 9.39. The standard InChI is InChI=1S/C26H26F5N3O3.C2H2O4/c1-17(25(35,14-34-16-32-15-33-34)22-8-7-21(27)11-23(22)28)10-19-12-36-24(37-13-19)9-4-18-2-5-20(6-3-18)26(29,30)31;3-1(4)2(5)6/h2-9,11,15-17,19,24,35H,10,12-14H2,1H3;(H,3,4)(H,5,6)/b9-4+;/t17-,19?,24?,25+;/m0./s1. The molecule has 1 aromatic heterocycles. The van der Waals surface area contributed by atoms with Crippen molar-refractivity contribution in [1.82, 2.24) is 14.8 Å². The molecule has 0 unspecified atom stereocenters. The second-order valence-electron chi connectivity index (χ2n) is 9.77. The highest BCUT2D eigenvalue weighted by Crippen LogP contribution is 2.38. The van der Waals surface area contributed by atoms with E-state index >= 15 is 0 Å². The minimum atomic E-state index is -4.39. The third-order valence-corrected chi connectivity index (χ3v) is 6.63. The Bertz CT molecular complexity index is 1380. The number of nitrogens with zero attached hydrogens (tertiary/aromatic N) is 3. The number of ether oxygens (including phenoxy) is 2. The molecular formula is C28H28F5N3O7. The molecule has 1 fully saturated rings. The molecule has 15 heteroatoms. The summed E-state index contributed by atoms with van der Waals surface area (Å²) in [5.74, 6) is -5.89. The molecule has 0 bridgehead atoms. The minimum Gasteiger partial charge on any atom is -0.473 e. The van der Waals surface area contributed by atoms with Gasteiger partial charge >= 0.3 is 18.1 Å². The topological polar surface area (TPSA) is 144 Å². The van der Waals surface area contributed by atoms with Crippen LogP contribution >= 0.6 is 0 Å². The summed E-state index contributed by atoms with van der Waals surface area (Å²) < 4.78 is 79.2. The Morgan fingerprint density at radius 2 is 1.70 bits per heavy atom. The third-order valence-electron chi connectivity index (χ3n) is 6.63. The number of carboxylic acid groups (broad SMARTS) is 2. The maximum atomic E-state index is 14.7. The molecular weight excluding hydrogens is 585 g/mol. The van der Waals surface area contributed by atoms with Crippen LogP contribution < -0.4 is 0 Å². The molecule has 0 radical (unpaired) electrons. The first-order valence-corrected chi connectivity index (χ1v) is 12.7. The van der Waals surface area contributed by atoms with Gasteiger partial charge in [0.25, 0.3) is 0 Å². The first-order valence-electron chi connectivity index (χ1n) is 12.7. The lowest BCUT2D eigenvalue weighted by Gasteiger charge is -2.38. The van der Waals surface area contributed by atoms with Crippen molar-refractivity contribution >= 4 is 18.0 Å². The van der Waals surface area contributed by atoms with E-state index in [-0.39, 0.29) is 31.2 Å². The van der Waals surface area contributed by atoms with Crippen LogP contribution in [0, 0.1) is 23.5 Å². The lowest BCUT2D eigenvalue weighted by molar-refractivity contribution is -0.180. The maximum absolute atomic E-state index is 14.7. The lowest BCUT2D eigenvalue weighted by Crippen LogP contribution is -2.42. The van der Waals surface area contributed by atoms with Crippen LogP contribution in [0.5, 0.6) is 0 Å². The molecule has 3 N–H and O–H groups in total. The van der Waals surface area contributed by atoms with E-state index in [0.29, 0.717) is 12.0 Å². The first-order chi connectivity index (χ1) is 20.2. The molecule has 2 aromatic carbocycles. The highest BCUT2D eigenvalue weighted by atomic mass is 19.4. The summed E-state index contributed by atoms with van der Waals surface area (Å²) in [7, 11) is 0. The predicted octanol–water partition coefficient (Wildman–Crippen LogP) is 4.35. The van der Waals surface area contributed by atoms with Gasteiger partial charge in [0.2, 0.25) is 0 Å². The van der Waals surface area contributed by atoms with Gasteiger partial charge in [0.1, 0.15) is 29.9 Å². The van der Waals surface area contributed by atoms with Gasteiger partial charge in [-0.3, -0.25) is 0 Å². The van der Waals surface area contributed by atoms with Crippen LogP contribution in [0.15, 0.2) is 61.2 Å². The molecule has 0 aliphatic carbocycles. The van der Waals surface area contributed by atoms with Crippen LogP contribution in [-0.4, -0.2) is 61.5 Å². The second kappa shape index (κ2) is 14.3. The van der Waals surface area contributed by atoms with Gasteiger partial charge in [-0.1, -0.05) is 31.2 Å². The quantitative estimate of drug-likeness (QED) is 0.250. The highest BCUT2D eigenvalue weighted by Gasteiger charge is 2.40. The summed E-state index contributed by atoms with van der Waals surface area (Å²) >= 11 is 0. The first kappa shape index (κ1) is 33.3. The van der Waals surface area contributed by atoms with E-state index in [2.05, 4.69) is 10.1 Å². The molecule has 4 rings (SSSR count). The van der Waals surface area contributed by atoms with Gasteiger partial charge < -0.3 is 24.8 Å². The van der Waals surface area contributed by atoms with Gasteiger partial charge in [0.05, 0.1) is 25.3 Å². The Morgan fingerprint density at radius 1 is 1.07 bits per heavy atom. The number of benzene rings is 2. The van der Waals surface area contributed by atoms with Crippen LogP contribution in [-0.2, 0) is 37.4 Å². The van der Waals surface area contributed by atoms with Gasteiger partial charge in [0.15, 0.2) is 6.29 Å². The van der Waals surface area contributed by atoms with Crippen LogP contribution in [0.4, 0.5) is 22.0 Å². The molecule has 1 aliphatic heterocycles. The number of hydrogen-bond acceptors (Lipinski definition) is 7. The second-order valence-corrected chi connectivity index (χ2v) is 9.77. The van der Waals surface area contributed by atoms with Gasteiger partial charge in [-0.2, -0.15) is 18.3 Å². The van der Waals surface area contributed by atoms with Crippen molar-refractivity contribution in [2.24, 2.45) is 11.8 Å². The molecule has 1 saturated heterocycles. The van der Waals surface area contributed by atoms with E-state index in [9.17, 15) is 27.1 Å². The zero-order valence-electron chi connectivity index (χ0n) is 22.6. The van der Waals surface area contributed by atoms with E-state index in [1.807, 2.05) is 0 Å². The average Bonchev–Trinajstić information content (AvgIpc) is 3.45. The number of rotatable bonds is 8. The molecule has 0 saturated carbocycles. The molecule has 0 spiro atoms. The van der Waals surface area contributed by atoms with E-state index in [4.69, 9.17) is 29.3 Å². The predicted molar refractivity (Wildman–Crippen MR) is 139 cm³/mol. The summed E-state index contributed by atoms with van der Waals surface area (Å²) in [6, 6.07) is 7.78. The molecule has 2 atom stereocenters. The molecule has 3 aromatic rings. The molecule has 2 heterocycles. The molecule has 0 amide bonds. The Morgan fingerprint density at radius 3 is 2.21 bits per heavy atom. The average molecular weight is 614 g/mol. The van der Waals surface area contributed by atoms with Crippen molar-refractivity contribution in [3.63, 3.8) is 0 Å². The van der Waals surface area contributed by atoms with Crippen LogP contribution in [0.2, 0.25) is 0 Å². The minimum absolute atomic E-state index is 0.0492. The fraction of sp³-hybridized carbons (Fsp3) is 0.357. The van der Waals surface area contributed by atoms with Crippen molar-refractivity contribution in [3.05, 3.63) is 89.5 Å². The number of hydrogen-bond donors (Lipinski definition) is 3. The molecule has 43 heavy (non-hydrogen) atoms. The van der Waals surface area contributed by atoms with E-state index in [1.54, 1.807) is 19.1 Å². The van der Waals surface area contributed by atoms with Gasteiger partial charge in [-0.25, -0.2) is 28.0 Å². The fourth-order valence-corrected chi connectivity index (χ4v) is 4.38. The number of carbonyl (C=O) groups is 2. The van der Waals surface area contributed by atoms with Crippen LogP contribution in [0.3, 0.4) is 0 Å². The van der Waals surface area contributed by atoms with E-state index in [1.165, 1.54) is 35.5 Å². The number of aromatic nitrogens is 3. The summed E-state index contributed by atoms with van der Waals surface area (Å²) in [4.78, 5) is 22.1. The smallest absolute Gasteiger partial charge is 0.416 e. The molecule has 232 valence electrons. The van der Waals surface area contributed by atoms with Gasteiger partial charge in [-0.15, -0.1) is 0 Å². The van der Waals surface area contributed by atoms with Crippen LogP contribution in [0.25, 0.3) is 6.08 Å². The largest absolute Gasteiger partial charge is 0.473 e. The molecule has 10 nitrogen and oxygen atoms in total. The number of alkyl halides is 3. The molecule has 1 aliphatic rings. The van der Waals surface area contributed by atoms with Crippen molar-refractivity contribution in [2.45, 2.75) is 38.0 Å². The fourth-order valence-electron chi connectivity index (χ4n) is 4.38. The summed E-state index contributed by atoms with van der Waals surface area (Å²) in [6.07, 6.45) is 1.24. The van der Waals surface area contributed by atoms with Crippen molar-refractivity contribution < 1.29 is 56.3 Å². The Kier molecular flexibility index (Phi) is 11.1. The Balaban J connectivity index is 0.000000765. The maximum Gasteiger partial charge on any atom is 0.416 e. The highest BCUT2D eigenvalue weighted by molar-refractivity contribution is 6.27. The Hall–Kier alpha value is -4.21. The number of aliphatic hydroxyl groups is 1. The van der Waals surface area contributed by atoms with Crippen molar-refractivity contribution in [3.8, 4) is 0 Å². The monoisotopic (exact) mass is 613 g/mol. The number of aliphatic carboxylic acids is 2. The van der Waals surface area contributed by atoms with E-state index < -0.39 is 53.1 Å². The van der Waals surface area contributed by atoms with Crippen molar-refractivity contribution in [2.75, 3.05) is 13.2 Å². The Labute approximate surface area is 242 Å². The van der Waals surface area contributed by atoms with Crippen molar-refractivity contribution in [1.29, 1.82) is 0 Å². The van der Waals surface area contributed by atoms with Crippen LogP contribution in [0.1, 0.15) is 30.0 Å². The normalized spacial score (nSPS) is 19.2. The summed E-state index contributed by atoms with van der Waals surface area (Å²) in [5, 5.41) is 30.4. The zero-order chi connectivity index (χ0) is 31.8. The summed E-state index contributed by atoms with van der Waals surface area (Å²) in [6.45, 7) is 2.25. The van der Waals surface area contributed by atoms with Gasteiger partial charge in [0, 0.05) is 17.5 Å². The van der Waals surface area contributed by atoms with E-state index in [0.717, 1.165) is 24.3 Å². The number of carboxylic acids is 2. The van der Waals surface area contributed by atoms with Gasteiger partial charge in [-0.05, 0) is 42.2 Å². The lowest BCUT2D eigenvalue weighted by atomic mass is 9.77. The zero-order valence-corrected chi connectivity index (χ0v) is 22.6.